The van der Waals surface area contributed by atoms with Crippen LogP contribution in [0.5, 0.6) is 11.5 Å². The Kier molecular flexibility index (Phi) is 8.92. The third-order valence-electron chi connectivity index (χ3n) is 11.4. The number of nitrogens with one attached hydrogen (secondary N) is 1. The standard InChI is InChI=1S/C40H31Cl2F3N4O6/c41-24-7-5-22(6-8-24)39-30(36(53)49(38(39)55)47-34-31(42)17-23(19-46-34)40(43,44)45)18-29-27(33(39)21-3-11-26(51)12-4-21)13-14-28-32(29)37(54)48(35(28)52)16-15-20-1-9-25(50)10-2-20/h1-13,17,19,28-30,32-33,50-51H,14-16,18H2,(H,46,47). The van der Waals surface area contributed by atoms with E-state index in [1.165, 1.54) is 29.2 Å². The zero-order valence-electron chi connectivity index (χ0n) is 28.6. The lowest BCUT2D eigenvalue weighted by Crippen LogP contribution is -2.53. The smallest absolute Gasteiger partial charge is 0.417 e. The minimum atomic E-state index is -4.75. The fourth-order valence-corrected chi connectivity index (χ4v) is 9.35. The molecule has 3 fully saturated rings. The van der Waals surface area contributed by atoms with Crippen molar-refractivity contribution in [3.63, 3.8) is 0 Å². The number of alkyl halides is 3. The highest BCUT2D eigenvalue weighted by atomic mass is 35.5. The number of nitrogens with zero attached hydrogens (tertiary/aromatic N) is 3. The Morgan fingerprint density at radius 1 is 0.855 bits per heavy atom. The van der Waals surface area contributed by atoms with Crippen molar-refractivity contribution in [3.05, 3.63) is 129 Å². The Hall–Kier alpha value is -5.40. The van der Waals surface area contributed by atoms with Crippen molar-refractivity contribution in [2.24, 2.45) is 23.7 Å². The Balaban J connectivity index is 1.24. The number of hydrogen-bond donors (Lipinski definition) is 3. The number of benzene rings is 3. The van der Waals surface area contributed by atoms with Gasteiger partial charge >= 0.3 is 6.18 Å². The van der Waals surface area contributed by atoms with Crippen LogP contribution >= 0.6 is 23.2 Å². The predicted molar refractivity (Wildman–Crippen MR) is 194 cm³/mol. The van der Waals surface area contributed by atoms with E-state index in [-0.39, 0.29) is 48.5 Å². The Morgan fingerprint density at radius 2 is 1.51 bits per heavy atom. The fourth-order valence-electron chi connectivity index (χ4n) is 9.01. The maximum absolute atomic E-state index is 15.2. The maximum atomic E-state index is 15.2. The van der Waals surface area contributed by atoms with Crippen LogP contribution in [0.1, 0.15) is 41.0 Å². The number of fused-ring (bicyclic) bond motifs is 4. The summed E-state index contributed by atoms with van der Waals surface area (Å²) in [7, 11) is 0. The first-order valence-electron chi connectivity index (χ1n) is 17.5. The summed E-state index contributed by atoms with van der Waals surface area (Å²) < 4.78 is 40.3. The van der Waals surface area contributed by atoms with Crippen LogP contribution in [0, 0.1) is 23.7 Å². The van der Waals surface area contributed by atoms with Crippen LogP contribution in [0.15, 0.2) is 96.7 Å². The average Bonchev–Trinajstić information content (AvgIpc) is 3.52. The number of hydrazine groups is 1. The molecule has 4 aromatic rings. The molecule has 2 aliphatic carbocycles. The molecule has 3 N–H and O–H groups in total. The van der Waals surface area contributed by atoms with Gasteiger partial charge in [-0.3, -0.25) is 29.5 Å². The van der Waals surface area contributed by atoms with Crippen LogP contribution in [0.2, 0.25) is 10.0 Å². The van der Waals surface area contributed by atoms with Crippen LogP contribution in [0.25, 0.3) is 0 Å². The number of phenols is 2. The molecule has 0 bridgehead atoms. The number of hydrogen-bond acceptors (Lipinski definition) is 8. The van der Waals surface area contributed by atoms with Crippen molar-refractivity contribution in [1.82, 2.24) is 14.9 Å². The Bertz CT molecular complexity index is 2270. The summed E-state index contributed by atoms with van der Waals surface area (Å²) in [4.78, 5) is 63.3. The van der Waals surface area contributed by atoms with Crippen molar-refractivity contribution in [2.45, 2.75) is 36.8 Å². The zero-order chi connectivity index (χ0) is 39.0. The molecule has 2 aliphatic heterocycles. The molecule has 0 spiro atoms. The molecule has 2 saturated heterocycles. The summed E-state index contributed by atoms with van der Waals surface area (Å²) in [5.74, 6) is -6.80. The van der Waals surface area contributed by atoms with Gasteiger partial charge in [-0.2, -0.15) is 18.2 Å². The van der Waals surface area contributed by atoms with Crippen LogP contribution in [0.4, 0.5) is 19.0 Å². The lowest BCUT2D eigenvalue weighted by molar-refractivity contribution is -0.141. The number of amides is 4. The van der Waals surface area contributed by atoms with Gasteiger partial charge in [-0.05, 0) is 84.3 Å². The van der Waals surface area contributed by atoms with Crippen molar-refractivity contribution < 1.29 is 42.6 Å². The lowest BCUT2D eigenvalue weighted by atomic mass is 9.49. The first kappa shape index (κ1) is 36.6. The van der Waals surface area contributed by atoms with Crippen molar-refractivity contribution in [1.29, 1.82) is 0 Å². The van der Waals surface area contributed by atoms with E-state index in [2.05, 4.69) is 10.4 Å². The van der Waals surface area contributed by atoms with E-state index in [9.17, 15) is 37.8 Å². The molecule has 10 nitrogen and oxygen atoms in total. The highest BCUT2D eigenvalue weighted by molar-refractivity contribution is 6.33. The molecule has 1 aromatic heterocycles. The largest absolute Gasteiger partial charge is 0.508 e. The first-order valence-corrected chi connectivity index (χ1v) is 18.2. The van der Waals surface area contributed by atoms with Gasteiger partial charge in [0.15, 0.2) is 5.82 Å². The topological polar surface area (TPSA) is 140 Å². The van der Waals surface area contributed by atoms with Crippen molar-refractivity contribution >= 4 is 52.6 Å². The monoisotopic (exact) mass is 790 g/mol. The molecule has 3 heterocycles. The lowest BCUT2D eigenvalue weighted by Gasteiger charge is -2.50. The van der Waals surface area contributed by atoms with Gasteiger partial charge < -0.3 is 10.2 Å². The number of aromatic nitrogens is 1. The van der Waals surface area contributed by atoms with E-state index in [1.807, 2.05) is 6.08 Å². The van der Waals surface area contributed by atoms with E-state index < -0.39 is 63.6 Å². The molecule has 282 valence electrons. The minimum Gasteiger partial charge on any atom is -0.508 e. The second kappa shape index (κ2) is 13.4. The predicted octanol–water partition coefficient (Wildman–Crippen LogP) is 7.05. The third kappa shape index (κ3) is 5.91. The van der Waals surface area contributed by atoms with E-state index >= 15 is 4.79 Å². The van der Waals surface area contributed by atoms with Crippen molar-refractivity contribution in [3.8, 4) is 11.5 Å². The normalized spacial score (nSPS) is 26.1. The maximum Gasteiger partial charge on any atom is 0.417 e. The number of carbonyl (C=O) groups excluding carboxylic acids is 4. The number of allylic oxidation sites excluding steroid dienone is 2. The molecule has 15 heteroatoms. The van der Waals surface area contributed by atoms with Gasteiger partial charge in [0.2, 0.25) is 11.8 Å². The first-order chi connectivity index (χ1) is 26.2. The zero-order valence-corrected chi connectivity index (χ0v) is 30.1. The highest BCUT2D eigenvalue weighted by Crippen LogP contribution is 2.64. The molecule has 1 saturated carbocycles. The SMILES string of the molecule is O=C1C2CC=C3C(CC4C(=O)N(Nc5ncc(C(F)(F)F)cc5Cl)C(=O)C4(c4ccc(Cl)cc4)C3c3ccc(O)cc3)C2C(=O)N1CCc1ccc(O)cc1. The number of pyridine rings is 1. The molecule has 4 aliphatic rings. The number of imide groups is 2. The summed E-state index contributed by atoms with van der Waals surface area (Å²) in [6.07, 6.45) is -1.80. The molecule has 55 heavy (non-hydrogen) atoms. The average molecular weight is 792 g/mol. The molecular weight excluding hydrogens is 760 g/mol. The van der Waals surface area contributed by atoms with E-state index in [0.29, 0.717) is 40.4 Å². The Labute approximate surface area is 322 Å². The van der Waals surface area contributed by atoms with E-state index in [0.717, 1.165) is 10.6 Å². The number of halogens is 5. The van der Waals surface area contributed by atoms with E-state index in [4.69, 9.17) is 23.2 Å². The van der Waals surface area contributed by atoms with Gasteiger partial charge in [0.1, 0.15) is 11.5 Å². The summed E-state index contributed by atoms with van der Waals surface area (Å²) in [6.45, 7) is 0.104. The van der Waals surface area contributed by atoms with Gasteiger partial charge in [0.25, 0.3) is 11.8 Å². The van der Waals surface area contributed by atoms with Crippen LogP contribution < -0.4 is 5.43 Å². The third-order valence-corrected chi connectivity index (χ3v) is 12.0. The minimum absolute atomic E-state index is 0.0219. The van der Waals surface area contributed by atoms with Gasteiger partial charge in [-0.15, -0.1) is 0 Å². The summed E-state index contributed by atoms with van der Waals surface area (Å²) in [6, 6.07) is 19.7. The Morgan fingerprint density at radius 3 is 2.15 bits per heavy atom. The quantitative estimate of drug-likeness (QED) is 0.134. The summed E-state index contributed by atoms with van der Waals surface area (Å²) in [5, 5.41) is 20.6. The summed E-state index contributed by atoms with van der Waals surface area (Å²) in [5.41, 5.74) is 2.24. The fraction of sp³-hybridized carbons (Fsp3) is 0.275. The molecule has 4 amide bonds. The van der Waals surface area contributed by atoms with Gasteiger partial charge in [-0.1, -0.05) is 71.2 Å². The number of likely N-dealkylation sites (tertiary alicyclic amines) is 1. The molecule has 0 radical (unpaired) electrons. The van der Waals surface area contributed by atoms with Crippen molar-refractivity contribution in [2.75, 3.05) is 12.0 Å². The highest BCUT2D eigenvalue weighted by Gasteiger charge is 2.70. The number of rotatable bonds is 7. The van der Waals surface area contributed by atoms with Gasteiger partial charge in [0.05, 0.1) is 33.8 Å². The van der Waals surface area contributed by atoms with Gasteiger partial charge in [0, 0.05) is 23.7 Å². The van der Waals surface area contributed by atoms with E-state index in [1.54, 1.807) is 48.5 Å². The van der Waals surface area contributed by atoms with Crippen LogP contribution in [0.3, 0.4) is 0 Å². The number of carbonyl (C=O) groups is 4. The number of aromatic hydroxyl groups is 2. The second-order valence-electron chi connectivity index (χ2n) is 14.3. The molecule has 6 atom stereocenters. The van der Waals surface area contributed by atoms with Crippen LogP contribution in [-0.2, 0) is 37.2 Å². The summed E-state index contributed by atoms with van der Waals surface area (Å²) >= 11 is 12.5. The molecule has 3 aromatic carbocycles. The van der Waals surface area contributed by atoms with Gasteiger partial charge in [-0.25, -0.2) is 4.98 Å². The second-order valence-corrected chi connectivity index (χ2v) is 15.1. The number of anilines is 1. The number of phenolic OH excluding ortho intramolecular Hbond substituents is 2. The molecular formula is C40H31Cl2F3N4O6. The molecule has 8 rings (SSSR count). The molecule has 6 unspecified atom stereocenters. The van der Waals surface area contributed by atoms with Crippen LogP contribution in [-0.4, -0.2) is 55.3 Å².